The fourth-order valence-electron chi connectivity index (χ4n) is 7.27. The van der Waals surface area contributed by atoms with Gasteiger partial charge in [0.1, 0.15) is 17.5 Å². The maximum atomic E-state index is 14.4. The molecule has 0 aliphatic rings. The molecule has 66 heavy (non-hydrogen) atoms. The van der Waals surface area contributed by atoms with Gasteiger partial charge in [-0.1, -0.05) is 99.5 Å². The molecule has 6 rings (SSSR count). The van der Waals surface area contributed by atoms with Crippen molar-refractivity contribution in [1.82, 2.24) is 0 Å². The van der Waals surface area contributed by atoms with Crippen molar-refractivity contribution in [3.8, 4) is 0 Å². The second kappa shape index (κ2) is 23.1. The fraction of sp³-hybridized carbons (Fsp3) is 0.255. The third kappa shape index (κ3) is 12.7. The summed E-state index contributed by atoms with van der Waals surface area (Å²) in [6, 6.07) is 34.2. The topological polar surface area (TPSA) is 149 Å². The van der Waals surface area contributed by atoms with Crippen LogP contribution in [0.2, 0.25) is 0 Å². The van der Waals surface area contributed by atoms with E-state index in [0.717, 1.165) is 51.7 Å². The van der Waals surface area contributed by atoms with Gasteiger partial charge in [0.05, 0.1) is 27.4 Å². The van der Waals surface area contributed by atoms with E-state index in [1.165, 1.54) is 28.6 Å². The second-order valence-corrected chi connectivity index (χ2v) is 19.2. The molecule has 0 bridgehead atoms. The van der Waals surface area contributed by atoms with Crippen LogP contribution in [0.25, 0.3) is 0 Å². The summed E-state index contributed by atoms with van der Waals surface area (Å²) >= 11 is 0. The molecule has 6 aromatic rings. The monoisotopic (exact) mass is 942 g/mol. The minimum Gasteiger partial charge on any atom is -0.478 e. The summed E-state index contributed by atoms with van der Waals surface area (Å²) in [7, 11) is -8.46. The van der Waals surface area contributed by atoms with E-state index in [-0.39, 0.29) is 22.6 Å². The van der Waals surface area contributed by atoms with Gasteiger partial charge in [0.2, 0.25) is 0 Å². The standard InChI is InChI=1S/C26H28FNO4S.C25H25F2NO4S/c1-3-4-17-28(33(31,32)25-18-23(27)16-9-19(25)2)24-8-6-5-7-21(24)13-10-20-11-14-22(15-12-20)26(29)30;1-2-3-17-28(33(31,32)24-21(26)8-6-9-22(24)27)23-10-5-4-7-19(23)14-11-18-12-15-20(16-13-18)25(29)30/h5-9,11-12,14-16,18H,3-4,10,13,17H2,1-2H3,(H,29,30);4-10,12-13,15-16H,2-3,11,14,17H2,1H3,(H,29,30). The van der Waals surface area contributed by atoms with Crippen molar-refractivity contribution in [2.24, 2.45) is 0 Å². The van der Waals surface area contributed by atoms with Crippen LogP contribution in [0.4, 0.5) is 24.5 Å². The van der Waals surface area contributed by atoms with Crippen molar-refractivity contribution < 1.29 is 49.8 Å². The molecule has 0 fully saturated rings. The highest BCUT2D eigenvalue weighted by molar-refractivity contribution is 7.93. The van der Waals surface area contributed by atoms with Crippen LogP contribution >= 0.6 is 0 Å². The molecule has 6 aromatic carbocycles. The molecule has 348 valence electrons. The minimum absolute atomic E-state index is 0.0299. The molecule has 0 radical (unpaired) electrons. The summed E-state index contributed by atoms with van der Waals surface area (Å²) < 4.78 is 99.3. The zero-order valence-electron chi connectivity index (χ0n) is 37.0. The number of anilines is 2. The number of hydrogen-bond donors (Lipinski definition) is 2. The number of rotatable bonds is 20. The van der Waals surface area contributed by atoms with Crippen LogP contribution in [0, 0.1) is 24.4 Å². The molecule has 0 saturated carbocycles. The number of aryl methyl sites for hydroxylation is 5. The molecular formula is C51H53F3N2O8S2. The lowest BCUT2D eigenvalue weighted by molar-refractivity contribution is 0.0686. The van der Waals surface area contributed by atoms with Crippen molar-refractivity contribution in [2.75, 3.05) is 21.7 Å². The van der Waals surface area contributed by atoms with Gasteiger partial charge in [-0.2, -0.15) is 0 Å². The van der Waals surface area contributed by atoms with Crippen molar-refractivity contribution in [3.63, 3.8) is 0 Å². The van der Waals surface area contributed by atoms with Gasteiger partial charge in [0, 0.05) is 13.1 Å². The number of carboxylic acid groups (broad SMARTS) is 2. The van der Waals surface area contributed by atoms with Crippen LogP contribution in [0.15, 0.2) is 143 Å². The van der Waals surface area contributed by atoms with E-state index >= 15 is 0 Å². The molecule has 0 heterocycles. The van der Waals surface area contributed by atoms with Gasteiger partial charge in [0.25, 0.3) is 20.0 Å². The lowest BCUT2D eigenvalue weighted by atomic mass is 10.0. The number of benzene rings is 6. The van der Waals surface area contributed by atoms with Crippen LogP contribution in [-0.2, 0) is 45.7 Å². The summed E-state index contributed by atoms with van der Waals surface area (Å²) in [4.78, 5) is 21.1. The minimum atomic E-state index is -4.49. The number of para-hydroxylation sites is 2. The van der Waals surface area contributed by atoms with Gasteiger partial charge in [-0.05, 0) is 134 Å². The number of nitrogens with zero attached hydrogens (tertiary/aromatic N) is 2. The molecule has 0 aliphatic heterocycles. The SMILES string of the molecule is CCCCN(c1ccccc1CCc1ccc(C(=O)O)cc1)S(=O)(=O)c1c(F)cccc1F.CCCCN(c1ccccc1CCc1ccc(C(=O)O)cc1)S(=O)(=O)c1cc(F)ccc1C. The number of sulfonamides is 2. The highest BCUT2D eigenvalue weighted by Gasteiger charge is 2.32. The molecule has 0 amide bonds. The fourth-order valence-corrected chi connectivity index (χ4v) is 10.7. The Balaban J connectivity index is 0.000000247. The number of hydrogen-bond acceptors (Lipinski definition) is 6. The molecule has 2 N–H and O–H groups in total. The number of unbranched alkanes of at least 4 members (excludes halogenated alkanes) is 2. The van der Waals surface area contributed by atoms with E-state index in [0.29, 0.717) is 74.0 Å². The Hall–Kier alpha value is -6.45. The van der Waals surface area contributed by atoms with Crippen molar-refractivity contribution in [3.05, 3.63) is 190 Å². The molecule has 0 aromatic heterocycles. The highest BCUT2D eigenvalue weighted by atomic mass is 32.2. The molecule has 15 heteroatoms. The molecule has 0 spiro atoms. The Morgan fingerprint density at radius 2 is 0.955 bits per heavy atom. The first-order valence-electron chi connectivity index (χ1n) is 21.6. The van der Waals surface area contributed by atoms with E-state index in [9.17, 15) is 39.6 Å². The first-order valence-corrected chi connectivity index (χ1v) is 24.4. The quantitative estimate of drug-likeness (QED) is 0.0768. The van der Waals surface area contributed by atoms with E-state index in [2.05, 4.69) is 0 Å². The lowest BCUT2D eigenvalue weighted by Gasteiger charge is -2.27. The zero-order valence-corrected chi connectivity index (χ0v) is 38.6. The maximum Gasteiger partial charge on any atom is 0.335 e. The first kappa shape index (κ1) is 50.5. The average Bonchev–Trinajstić information content (AvgIpc) is 3.29. The van der Waals surface area contributed by atoms with Crippen LogP contribution < -0.4 is 8.61 Å². The predicted octanol–water partition coefficient (Wildman–Crippen LogP) is 11.1. The molecule has 10 nitrogen and oxygen atoms in total. The van der Waals surface area contributed by atoms with Crippen molar-refractivity contribution in [2.45, 2.75) is 81.9 Å². The van der Waals surface area contributed by atoms with E-state index in [1.807, 2.05) is 26.0 Å². The summed E-state index contributed by atoms with van der Waals surface area (Å²) in [5.41, 5.74) is 5.26. The zero-order chi connectivity index (χ0) is 48.0. The second-order valence-electron chi connectivity index (χ2n) is 15.6. The Bertz CT molecular complexity index is 2820. The Morgan fingerprint density at radius 3 is 1.38 bits per heavy atom. The predicted molar refractivity (Wildman–Crippen MR) is 251 cm³/mol. The van der Waals surface area contributed by atoms with E-state index in [1.54, 1.807) is 79.7 Å². The van der Waals surface area contributed by atoms with E-state index in [4.69, 9.17) is 10.2 Å². The largest absolute Gasteiger partial charge is 0.478 e. The van der Waals surface area contributed by atoms with Gasteiger partial charge in [0.15, 0.2) is 4.90 Å². The number of aromatic carboxylic acids is 2. The van der Waals surface area contributed by atoms with Gasteiger partial charge >= 0.3 is 11.9 Å². The van der Waals surface area contributed by atoms with Crippen molar-refractivity contribution >= 4 is 43.4 Å². The molecule has 0 unspecified atom stereocenters. The van der Waals surface area contributed by atoms with Crippen LogP contribution in [0.1, 0.15) is 88.1 Å². The normalized spacial score (nSPS) is 11.4. The number of carbonyl (C=O) groups is 2. The van der Waals surface area contributed by atoms with Crippen molar-refractivity contribution in [1.29, 1.82) is 0 Å². The summed E-state index contributed by atoms with van der Waals surface area (Å²) in [5.74, 6) is -4.84. The van der Waals surface area contributed by atoms with Crippen LogP contribution in [0.5, 0.6) is 0 Å². The molecular weight excluding hydrogens is 890 g/mol. The smallest absolute Gasteiger partial charge is 0.335 e. The van der Waals surface area contributed by atoms with Gasteiger partial charge < -0.3 is 10.2 Å². The summed E-state index contributed by atoms with van der Waals surface area (Å²) in [6.07, 6.45) is 4.88. The van der Waals surface area contributed by atoms with Gasteiger partial charge in [-0.15, -0.1) is 0 Å². The Kier molecular flexibility index (Phi) is 17.7. The Morgan fingerprint density at radius 1 is 0.530 bits per heavy atom. The maximum absolute atomic E-state index is 14.4. The Labute approximate surface area is 385 Å². The first-order chi connectivity index (χ1) is 31.5. The lowest BCUT2D eigenvalue weighted by Crippen LogP contribution is -2.34. The van der Waals surface area contributed by atoms with Crippen LogP contribution in [0.3, 0.4) is 0 Å². The van der Waals surface area contributed by atoms with E-state index < -0.39 is 54.3 Å². The highest BCUT2D eigenvalue weighted by Crippen LogP contribution is 2.33. The molecule has 0 saturated heterocycles. The third-order valence-electron chi connectivity index (χ3n) is 10.9. The van der Waals surface area contributed by atoms with Gasteiger partial charge in [-0.3, -0.25) is 8.61 Å². The molecule has 0 aliphatic carbocycles. The average molecular weight is 943 g/mol. The number of halogens is 3. The van der Waals surface area contributed by atoms with Gasteiger partial charge in [-0.25, -0.2) is 39.6 Å². The summed E-state index contributed by atoms with van der Waals surface area (Å²) in [5, 5.41) is 18.1. The molecule has 0 atom stereocenters. The van der Waals surface area contributed by atoms with Crippen LogP contribution in [-0.4, -0.2) is 52.1 Å². The third-order valence-corrected chi connectivity index (χ3v) is 14.7. The number of carboxylic acids is 2. The summed E-state index contributed by atoms with van der Waals surface area (Å²) in [6.45, 7) is 5.93.